The smallest absolute Gasteiger partial charge is 0.255 e. The van der Waals surface area contributed by atoms with E-state index in [4.69, 9.17) is 0 Å². The molecular formula is C25H30N4O3S. The van der Waals surface area contributed by atoms with Crippen LogP contribution in [0.3, 0.4) is 0 Å². The van der Waals surface area contributed by atoms with E-state index >= 15 is 0 Å². The fourth-order valence-electron chi connectivity index (χ4n) is 3.88. The lowest BCUT2D eigenvalue weighted by Crippen LogP contribution is -2.38. The number of hydrogen-bond acceptors (Lipinski definition) is 6. The fraction of sp³-hybridized carbons (Fsp3) is 0.360. The maximum absolute atomic E-state index is 12.9. The van der Waals surface area contributed by atoms with E-state index in [1.807, 2.05) is 32.9 Å². The van der Waals surface area contributed by atoms with Crippen molar-refractivity contribution in [3.63, 3.8) is 0 Å². The summed E-state index contributed by atoms with van der Waals surface area (Å²) < 4.78 is 0.902. The van der Waals surface area contributed by atoms with E-state index in [0.29, 0.717) is 31.4 Å². The monoisotopic (exact) mass is 466 g/mol. The van der Waals surface area contributed by atoms with Crippen molar-refractivity contribution >= 4 is 50.5 Å². The first-order valence-electron chi connectivity index (χ1n) is 11.0. The van der Waals surface area contributed by atoms with Gasteiger partial charge in [-0.25, -0.2) is 4.98 Å². The summed E-state index contributed by atoms with van der Waals surface area (Å²) in [6.07, 6.45) is 2.79. The Morgan fingerprint density at radius 1 is 1.12 bits per heavy atom. The number of nitrogens with zero attached hydrogens (tertiary/aromatic N) is 1. The minimum absolute atomic E-state index is 0.0863. The zero-order chi connectivity index (χ0) is 24.0. The number of anilines is 2. The van der Waals surface area contributed by atoms with Gasteiger partial charge in [0.2, 0.25) is 5.91 Å². The molecule has 3 aromatic rings. The first-order valence-corrected chi connectivity index (χ1v) is 11.8. The van der Waals surface area contributed by atoms with Crippen LogP contribution < -0.4 is 16.0 Å². The Labute approximate surface area is 198 Å². The lowest BCUT2D eigenvalue weighted by molar-refractivity contribution is -0.119. The molecule has 1 heterocycles. The minimum atomic E-state index is -0.157. The van der Waals surface area contributed by atoms with E-state index in [-0.39, 0.29) is 17.9 Å². The number of benzene rings is 2. The first kappa shape index (κ1) is 24.4. The van der Waals surface area contributed by atoms with Crippen LogP contribution in [0.15, 0.2) is 30.3 Å². The molecule has 7 nitrogen and oxygen atoms in total. The van der Waals surface area contributed by atoms with Gasteiger partial charge in [-0.2, -0.15) is 0 Å². The molecule has 3 N–H and O–H groups in total. The molecule has 2 aromatic carbocycles. The summed E-state index contributed by atoms with van der Waals surface area (Å²) in [5, 5.41) is 9.95. The maximum Gasteiger partial charge on any atom is 0.255 e. The zero-order valence-corrected chi connectivity index (χ0v) is 20.3. The topological polar surface area (TPSA) is 100 Å². The van der Waals surface area contributed by atoms with Crippen molar-refractivity contribution in [3.05, 3.63) is 52.6 Å². The molecule has 3 rings (SSSR count). The molecular weight excluding hydrogens is 436 g/mol. The van der Waals surface area contributed by atoms with Gasteiger partial charge in [0.25, 0.3) is 5.91 Å². The van der Waals surface area contributed by atoms with Crippen LogP contribution >= 0.6 is 11.3 Å². The molecule has 0 bridgehead atoms. The number of thiazole rings is 1. The van der Waals surface area contributed by atoms with Crippen LogP contribution in [0.4, 0.5) is 10.8 Å². The summed E-state index contributed by atoms with van der Waals surface area (Å²) in [6.45, 7) is 8.02. The molecule has 0 radical (unpaired) electrons. The Kier molecular flexibility index (Phi) is 8.16. The Morgan fingerprint density at radius 3 is 2.52 bits per heavy atom. The van der Waals surface area contributed by atoms with Crippen molar-refractivity contribution in [1.29, 1.82) is 0 Å². The quantitative estimate of drug-likeness (QED) is 0.295. The Hall–Kier alpha value is -3.26. The summed E-state index contributed by atoms with van der Waals surface area (Å²) >= 11 is 1.46. The summed E-state index contributed by atoms with van der Waals surface area (Å²) in [7, 11) is 0. The summed E-state index contributed by atoms with van der Waals surface area (Å²) in [5.41, 5.74) is 5.46. The van der Waals surface area contributed by atoms with Crippen molar-refractivity contribution in [2.75, 3.05) is 17.2 Å². The van der Waals surface area contributed by atoms with E-state index in [0.717, 1.165) is 38.4 Å². The highest BCUT2D eigenvalue weighted by Crippen LogP contribution is 2.28. The highest BCUT2D eigenvalue weighted by atomic mass is 32.1. The molecule has 2 amide bonds. The van der Waals surface area contributed by atoms with Crippen LogP contribution in [0.25, 0.3) is 10.2 Å². The van der Waals surface area contributed by atoms with Crippen LogP contribution in [0.5, 0.6) is 0 Å². The number of aryl methyl sites for hydroxylation is 3. The molecule has 0 fully saturated rings. The number of aromatic nitrogens is 1. The van der Waals surface area contributed by atoms with Gasteiger partial charge in [-0.05, 0) is 62.9 Å². The Balaban J connectivity index is 1.70. The Morgan fingerprint density at radius 2 is 1.85 bits per heavy atom. The van der Waals surface area contributed by atoms with Crippen LogP contribution in [0.2, 0.25) is 0 Å². The van der Waals surface area contributed by atoms with E-state index in [2.05, 4.69) is 33.1 Å². The summed E-state index contributed by atoms with van der Waals surface area (Å²) in [4.78, 5) is 39.5. The molecule has 33 heavy (non-hydrogen) atoms. The average molecular weight is 467 g/mol. The zero-order valence-electron chi connectivity index (χ0n) is 19.5. The van der Waals surface area contributed by atoms with Crippen molar-refractivity contribution < 1.29 is 14.4 Å². The largest absolute Gasteiger partial charge is 0.359 e. The number of amides is 2. The molecule has 1 atom stereocenters. The second-order valence-electron chi connectivity index (χ2n) is 8.31. The summed E-state index contributed by atoms with van der Waals surface area (Å²) in [6, 6.07) is 9.49. The summed E-state index contributed by atoms with van der Waals surface area (Å²) in [5.74, 6) is -0.261. The standard InChI is InChI=1S/C25H30N4O3S/c1-15-11-16(2)23(17(3)12-15)29-24(32)19-8-9-21-22(13-19)33-25(28-21)26-14-20(27-18(4)31)7-5-6-10-30/h8-13,20H,5-7,14H2,1-4H3,(H,26,28)(H,27,31)(H,29,32). The SMILES string of the molecule is CC(=O)NC(CCCC=O)CNc1nc2ccc(C(=O)Nc3c(C)cc(C)cc3C)cc2s1. The molecule has 0 aliphatic rings. The van der Waals surface area contributed by atoms with Gasteiger partial charge in [-0.3, -0.25) is 9.59 Å². The highest BCUT2D eigenvalue weighted by Gasteiger charge is 2.14. The predicted molar refractivity (Wildman–Crippen MR) is 134 cm³/mol. The normalized spacial score (nSPS) is 11.8. The first-order chi connectivity index (χ1) is 15.8. The van der Waals surface area contributed by atoms with Crippen molar-refractivity contribution in [3.8, 4) is 0 Å². The van der Waals surface area contributed by atoms with Gasteiger partial charge in [-0.1, -0.05) is 29.0 Å². The van der Waals surface area contributed by atoms with Crippen molar-refractivity contribution in [2.24, 2.45) is 0 Å². The lowest BCUT2D eigenvalue weighted by Gasteiger charge is -2.17. The van der Waals surface area contributed by atoms with Crippen molar-refractivity contribution in [2.45, 2.75) is 53.0 Å². The van der Waals surface area contributed by atoms with E-state index in [1.165, 1.54) is 23.8 Å². The number of unbranched alkanes of at least 4 members (excludes halogenated alkanes) is 1. The predicted octanol–water partition coefficient (Wildman–Crippen LogP) is 4.76. The number of hydrogen-bond donors (Lipinski definition) is 3. The van der Waals surface area contributed by atoms with Gasteiger partial charge in [-0.15, -0.1) is 0 Å². The lowest BCUT2D eigenvalue weighted by atomic mass is 10.0. The number of nitrogens with one attached hydrogen (secondary N) is 3. The van der Waals surface area contributed by atoms with Gasteiger partial charge >= 0.3 is 0 Å². The van der Waals surface area contributed by atoms with Gasteiger partial charge in [0, 0.05) is 37.2 Å². The molecule has 0 saturated carbocycles. The average Bonchev–Trinajstić information content (AvgIpc) is 3.16. The van der Waals surface area contributed by atoms with E-state index in [1.54, 1.807) is 6.07 Å². The molecule has 0 spiro atoms. The van der Waals surface area contributed by atoms with Crippen LogP contribution in [0, 0.1) is 20.8 Å². The van der Waals surface area contributed by atoms with E-state index < -0.39 is 0 Å². The van der Waals surface area contributed by atoms with Gasteiger partial charge in [0.15, 0.2) is 5.13 Å². The third kappa shape index (κ3) is 6.61. The number of carbonyl (C=O) groups is 3. The van der Waals surface area contributed by atoms with Gasteiger partial charge in [0.05, 0.1) is 10.2 Å². The van der Waals surface area contributed by atoms with Crippen LogP contribution in [0.1, 0.15) is 53.2 Å². The third-order valence-corrected chi connectivity index (χ3v) is 6.32. The Bertz CT molecular complexity index is 1150. The molecule has 0 aliphatic carbocycles. The molecule has 0 saturated heterocycles. The molecule has 174 valence electrons. The number of carbonyl (C=O) groups excluding carboxylic acids is 3. The second-order valence-corrected chi connectivity index (χ2v) is 9.34. The molecule has 1 unspecified atom stereocenters. The number of fused-ring (bicyclic) bond motifs is 1. The number of rotatable bonds is 10. The van der Waals surface area contributed by atoms with Gasteiger partial charge < -0.3 is 20.7 Å². The molecule has 1 aromatic heterocycles. The van der Waals surface area contributed by atoms with Gasteiger partial charge in [0.1, 0.15) is 6.29 Å². The minimum Gasteiger partial charge on any atom is -0.359 e. The van der Waals surface area contributed by atoms with Crippen LogP contribution in [-0.4, -0.2) is 35.7 Å². The van der Waals surface area contributed by atoms with E-state index in [9.17, 15) is 14.4 Å². The van der Waals surface area contributed by atoms with Crippen LogP contribution in [-0.2, 0) is 9.59 Å². The number of aldehydes is 1. The fourth-order valence-corrected chi connectivity index (χ4v) is 4.79. The second kappa shape index (κ2) is 11.0. The molecule has 0 aliphatic heterocycles. The third-order valence-electron chi connectivity index (χ3n) is 5.35. The van der Waals surface area contributed by atoms with Crippen molar-refractivity contribution in [1.82, 2.24) is 10.3 Å². The maximum atomic E-state index is 12.9. The molecule has 8 heteroatoms. The highest BCUT2D eigenvalue weighted by molar-refractivity contribution is 7.22.